The molecule has 2 aromatic carbocycles. The van der Waals surface area contributed by atoms with E-state index in [1.54, 1.807) is 42.5 Å². The second kappa shape index (κ2) is 12.1. The third-order valence-electron chi connectivity index (χ3n) is 5.01. The molecule has 0 heterocycles. The van der Waals surface area contributed by atoms with Crippen LogP contribution in [0.3, 0.4) is 0 Å². The maximum Gasteiger partial charge on any atom is 0.273 e. The van der Waals surface area contributed by atoms with Crippen molar-refractivity contribution in [1.29, 1.82) is 0 Å². The van der Waals surface area contributed by atoms with Gasteiger partial charge in [0.05, 0.1) is 11.3 Å². The summed E-state index contributed by atoms with van der Waals surface area (Å²) in [5.74, 6) is -0.567. The Hall–Kier alpha value is -2.93. The molecule has 31 heavy (non-hydrogen) atoms. The highest BCUT2D eigenvalue weighted by Gasteiger charge is 2.29. The van der Waals surface area contributed by atoms with Crippen molar-refractivity contribution in [3.05, 3.63) is 74.8 Å². The van der Waals surface area contributed by atoms with Gasteiger partial charge >= 0.3 is 0 Å². The lowest BCUT2D eigenvalue weighted by Gasteiger charge is -2.30. The third-order valence-corrected chi connectivity index (χ3v) is 5.26. The molecule has 0 saturated heterocycles. The largest absolute Gasteiger partial charge is 0.354 e. The van der Waals surface area contributed by atoms with Gasteiger partial charge in [0.2, 0.25) is 11.8 Å². The molecule has 0 bridgehead atoms. The first kappa shape index (κ1) is 24.3. The number of carbonyl (C=O) groups is 2. The summed E-state index contributed by atoms with van der Waals surface area (Å²) in [6.45, 7) is 4.62. The summed E-state index contributed by atoms with van der Waals surface area (Å²) in [4.78, 5) is 38.5. The van der Waals surface area contributed by atoms with E-state index < -0.39 is 11.0 Å². The van der Waals surface area contributed by atoms with Crippen molar-refractivity contribution in [3.63, 3.8) is 0 Å². The van der Waals surface area contributed by atoms with Crippen molar-refractivity contribution < 1.29 is 14.5 Å². The molecule has 1 atom stereocenters. The zero-order valence-electron chi connectivity index (χ0n) is 17.8. The van der Waals surface area contributed by atoms with Crippen LogP contribution in [-0.4, -0.2) is 34.2 Å². The molecule has 2 rings (SSSR count). The predicted molar refractivity (Wildman–Crippen MR) is 121 cm³/mol. The highest BCUT2D eigenvalue weighted by Crippen LogP contribution is 2.21. The van der Waals surface area contributed by atoms with Crippen molar-refractivity contribution in [2.75, 3.05) is 6.54 Å². The van der Waals surface area contributed by atoms with Gasteiger partial charge in [-0.3, -0.25) is 19.7 Å². The minimum atomic E-state index is -0.678. The Bertz CT molecular complexity index is 902. The lowest BCUT2D eigenvalue weighted by atomic mass is 10.1. The van der Waals surface area contributed by atoms with Crippen LogP contribution in [0, 0.1) is 10.1 Å². The highest BCUT2D eigenvalue weighted by atomic mass is 35.5. The van der Waals surface area contributed by atoms with Crippen LogP contribution in [0.25, 0.3) is 0 Å². The molecule has 1 N–H and O–H groups in total. The van der Waals surface area contributed by atoms with Crippen LogP contribution in [-0.2, 0) is 22.6 Å². The summed E-state index contributed by atoms with van der Waals surface area (Å²) in [6.07, 6.45) is 2.06. The molecule has 0 aromatic heterocycles. The first-order valence-corrected chi connectivity index (χ1v) is 10.8. The lowest BCUT2D eigenvalue weighted by molar-refractivity contribution is -0.385. The first-order chi connectivity index (χ1) is 14.9. The van der Waals surface area contributed by atoms with E-state index in [0.29, 0.717) is 23.6 Å². The number of para-hydroxylation sites is 1. The third kappa shape index (κ3) is 7.07. The van der Waals surface area contributed by atoms with Crippen molar-refractivity contribution in [2.24, 2.45) is 0 Å². The number of benzene rings is 2. The summed E-state index contributed by atoms with van der Waals surface area (Å²) in [5, 5.41) is 14.8. The second-order valence-electron chi connectivity index (χ2n) is 7.28. The number of nitrogens with zero attached hydrogens (tertiary/aromatic N) is 2. The van der Waals surface area contributed by atoms with Gasteiger partial charge in [-0.25, -0.2) is 0 Å². The molecular weight excluding hydrogens is 418 g/mol. The predicted octanol–water partition coefficient (Wildman–Crippen LogP) is 4.51. The van der Waals surface area contributed by atoms with E-state index in [0.717, 1.165) is 18.4 Å². The summed E-state index contributed by atoms with van der Waals surface area (Å²) >= 11 is 5.97. The Balaban J connectivity index is 2.31. The van der Waals surface area contributed by atoms with Crippen LogP contribution in [0.15, 0.2) is 48.5 Å². The van der Waals surface area contributed by atoms with Gasteiger partial charge in [-0.2, -0.15) is 0 Å². The molecule has 7 nitrogen and oxygen atoms in total. The molecule has 0 aliphatic heterocycles. The molecule has 0 spiro atoms. The minimum Gasteiger partial charge on any atom is -0.354 e. The van der Waals surface area contributed by atoms with Gasteiger partial charge in [-0.1, -0.05) is 62.2 Å². The normalized spacial score (nSPS) is 11.6. The van der Waals surface area contributed by atoms with Gasteiger partial charge in [0, 0.05) is 29.7 Å². The molecule has 2 amide bonds. The summed E-state index contributed by atoms with van der Waals surface area (Å²) in [5.41, 5.74) is 1.03. The van der Waals surface area contributed by atoms with Crippen LogP contribution in [0.4, 0.5) is 5.69 Å². The standard InChI is InChI=1S/C23H28ClN3O4/c1-3-5-14-25-23(29)20(4-2)26(16-17-10-12-19(24)13-11-17)22(28)15-18-8-6-7-9-21(18)27(30)31/h6-13,20H,3-5,14-16H2,1-2H3,(H,25,29)/t20-/m0/s1. The molecule has 0 aliphatic carbocycles. The number of hydrogen-bond donors (Lipinski definition) is 1. The van der Waals surface area contributed by atoms with E-state index in [9.17, 15) is 19.7 Å². The fourth-order valence-corrected chi connectivity index (χ4v) is 3.44. The number of nitrogens with one attached hydrogen (secondary N) is 1. The number of halogens is 1. The van der Waals surface area contributed by atoms with E-state index >= 15 is 0 Å². The highest BCUT2D eigenvalue weighted by molar-refractivity contribution is 6.30. The maximum atomic E-state index is 13.3. The summed E-state index contributed by atoms with van der Waals surface area (Å²) in [7, 11) is 0. The number of nitro benzene ring substituents is 1. The zero-order valence-corrected chi connectivity index (χ0v) is 18.6. The van der Waals surface area contributed by atoms with Crippen molar-refractivity contribution in [1.82, 2.24) is 10.2 Å². The fraction of sp³-hybridized carbons (Fsp3) is 0.391. The summed E-state index contributed by atoms with van der Waals surface area (Å²) < 4.78 is 0. The van der Waals surface area contributed by atoms with Gasteiger partial charge in [-0.05, 0) is 30.5 Å². The maximum absolute atomic E-state index is 13.3. The molecule has 2 aromatic rings. The minimum absolute atomic E-state index is 0.109. The van der Waals surface area contributed by atoms with E-state index in [2.05, 4.69) is 5.32 Å². The van der Waals surface area contributed by atoms with Crippen molar-refractivity contribution >= 4 is 29.1 Å². The van der Waals surface area contributed by atoms with E-state index in [4.69, 9.17) is 11.6 Å². The Labute approximate surface area is 187 Å². The van der Waals surface area contributed by atoms with Crippen LogP contribution in [0.1, 0.15) is 44.2 Å². The monoisotopic (exact) mass is 445 g/mol. The average Bonchev–Trinajstić information content (AvgIpc) is 2.75. The van der Waals surface area contributed by atoms with E-state index in [-0.39, 0.29) is 30.5 Å². The lowest BCUT2D eigenvalue weighted by Crippen LogP contribution is -2.49. The average molecular weight is 446 g/mol. The van der Waals surface area contributed by atoms with Gasteiger partial charge in [0.1, 0.15) is 6.04 Å². The zero-order chi connectivity index (χ0) is 22.8. The molecule has 0 saturated carbocycles. The van der Waals surface area contributed by atoms with Gasteiger partial charge in [0.15, 0.2) is 0 Å². The SMILES string of the molecule is CCCCNC(=O)[C@H](CC)N(Cc1ccc(Cl)cc1)C(=O)Cc1ccccc1[N+](=O)[O-]. The quantitative estimate of drug-likeness (QED) is 0.313. The number of rotatable bonds is 11. The Morgan fingerprint density at radius 3 is 2.42 bits per heavy atom. The molecule has 0 fully saturated rings. The Morgan fingerprint density at radius 1 is 1.13 bits per heavy atom. The van der Waals surface area contributed by atoms with E-state index in [1.807, 2.05) is 13.8 Å². The van der Waals surface area contributed by atoms with Gasteiger partial charge in [0.25, 0.3) is 5.69 Å². The van der Waals surface area contributed by atoms with Gasteiger partial charge < -0.3 is 10.2 Å². The Kier molecular flexibility index (Phi) is 9.46. The topological polar surface area (TPSA) is 92.6 Å². The van der Waals surface area contributed by atoms with Crippen molar-refractivity contribution in [3.8, 4) is 0 Å². The van der Waals surface area contributed by atoms with Gasteiger partial charge in [-0.15, -0.1) is 0 Å². The number of nitro groups is 1. The second-order valence-corrected chi connectivity index (χ2v) is 7.72. The molecule has 166 valence electrons. The van der Waals surface area contributed by atoms with Crippen LogP contribution in [0.5, 0.6) is 0 Å². The van der Waals surface area contributed by atoms with Crippen molar-refractivity contribution in [2.45, 2.75) is 52.1 Å². The summed E-state index contributed by atoms with van der Waals surface area (Å²) in [6, 6.07) is 12.5. The molecule has 0 radical (unpaired) electrons. The fourth-order valence-electron chi connectivity index (χ4n) is 3.32. The number of amides is 2. The van der Waals surface area contributed by atoms with E-state index in [1.165, 1.54) is 11.0 Å². The smallest absolute Gasteiger partial charge is 0.273 e. The molecular formula is C23H28ClN3O4. The Morgan fingerprint density at radius 2 is 1.81 bits per heavy atom. The van der Waals surface area contributed by atoms with Crippen LogP contribution < -0.4 is 5.32 Å². The number of carbonyl (C=O) groups excluding carboxylic acids is 2. The molecule has 8 heteroatoms. The molecule has 0 aliphatic rings. The first-order valence-electron chi connectivity index (χ1n) is 10.4. The van der Waals surface area contributed by atoms with Crippen LogP contribution >= 0.6 is 11.6 Å². The molecule has 0 unspecified atom stereocenters. The number of hydrogen-bond acceptors (Lipinski definition) is 4. The van der Waals surface area contributed by atoms with Crippen LogP contribution in [0.2, 0.25) is 5.02 Å². The number of unbranched alkanes of at least 4 members (excludes halogenated alkanes) is 1.